The van der Waals surface area contributed by atoms with Gasteiger partial charge in [0.15, 0.2) is 5.84 Å². The molecule has 1 amide bonds. The van der Waals surface area contributed by atoms with Gasteiger partial charge >= 0.3 is 11.9 Å². The number of fused-ring (bicyclic) bond motifs is 2. The van der Waals surface area contributed by atoms with Crippen molar-refractivity contribution in [2.24, 2.45) is 0 Å². The lowest BCUT2D eigenvalue weighted by Gasteiger charge is -2.34. The molecule has 0 radical (unpaired) electrons. The summed E-state index contributed by atoms with van der Waals surface area (Å²) in [6, 6.07) is 16.6. The Morgan fingerprint density at radius 1 is 0.974 bits per heavy atom. The average molecular weight is 538 g/mol. The second-order valence-corrected chi connectivity index (χ2v) is 14.6. The first-order valence-corrected chi connectivity index (χ1v) is 15.3. The number of hydroxylamine groups is 2. The second kappa shape index (κ2) is 9.21. The number of amides is 1. The Morgan fingerprint density at radius 2 is 1.69 bits per heavy atom. The van der Waals surface area contributed by atoms with Crippen LogP contribution in [0.1, 0.15) is 31.8 Å². The van der Waals surface area contributed by atoms with Crippen LogP contribution in [0.3, 0.4) is 0 Å². The summed E-state index contributed by atoms with van der Waals surface area (Å²) in [6.45, 7) is 8.70. The summed E-state index contributed by atoms with van der Waals surface area (Å²) in [5.74, 6) is -3.10. The number of hydrogen-bond acceptors (Lipinski definition) is 6. The number of hydrogen-bond donors (Lipinski definition) is 2. The smallest absolute Gasteiger partial charge is 0.363 e. The topological polar surface area (TPSA) is 111 Å². The zero-order valence-electron chi connectivity index (χ0n) is 22.0. The second-order valence-electron chi connectivity index (χ2n) is 10.3. The quantitative estimate of drug-likeness (QED) is 0.480. The van der Waals surface area contributed by atoms with Crippen LogP contribution in [0.25, 0.3) is 12.2 Å². The molecule has 39 heavy (non-hydrogen) atoms. The number of nitrogens with one attached hydrogen (secondary N) is 1. The Hall–Kier alpha value is -4.76. The van der Waals surface area contributed by atoms with Crippen LogP contribution in [0, 0.1) is 5.41 Å². The summed E-state index contributed by atoms with van der Waals surface area (Å²) in [5.41, 5.74) is 3.13. The lowest BCUT2D eigenvalue weighted by molar-refractivity contribution is -0.144. The van der Waals surface area contributed by atoms with Gasteiger partial charge in [-0.15, -0.1) is 5.06 Å². The van der Waals surface area contributed by atoms with Crippen LogP contribution in [0.5, 0.6) is 0 Å². The minimum absolute atomic E-state index is 0.0497. The molecule has 2 aliphatic heterocycles. The molecule has 0 unspecified atom stereocenters. The largest absolute Gasteiger partial charge is 0.478 e. The summed E-state index contributed by atoms with van der Waals surface area (Å²) in [5, 5.41) is 22.7. The van der Waals surface area contributed by atoms with Crippen molar-refractivity contribution >= 4 is 60.0 Å². The van der Waals surface area contributed by atoms with Gasteiger partial charge in [-0.3, -0.25) is 10.2 Å². The van der Waals surface area contributed by atoms with Crippen molar-refractivity contribution in [2.45, 2.75) is 13.1 Å². The molecule has 0 fully saturated rings. The lowest BCUT2D eigenvalue weighted by atomic mass is 9.90. The highest BCUT2D eigenvalue weighted by atomic mass is 28.3. The number of carbonyl (C=O) groups excluding carboxylic acids is 2. The van der Waals surface area contributed by atoms with Crippen molar-refractivity contribution in [3.8, 4) is 0 Å². The zero-order valence-corrected chi connectivity index (χ0v) is 23.0. The summed E-state index contributed by atoms with van der Waals surface area (Å²) >= 11 is 0. The van der Waals surface area contributed by atoms with Gasteiger partial charge in [-0.2, -0.15) is 0 Å². The molecule has 0 aromatic heterocycles. The third-order valence-corrected chi connectivity index (χ3v) is 10.7. The van der Waals surface area contributed by atoms with E-state index < -0.39 is 25.9 Å². The number of carbonyl (C=O) groups is 3. The fraction of sp³-hybridized carbons (Fsp3) is 0.133. The van der Waals surface area contributed by atoms with E-state index in [4.69, 9.17) is 10.2 Å². The maximum atomic E-state index is 12.8. The first kappa shape index (κ1) is 25.9. The van der Waals surface area contributed by atoms with E-state index in [0.29, 0.717) is 10.6 Å². The molecular weight excluding hydrogens is 510 g/mol. The van der Waals surface area contributed by atoms with Crippen LogP contribution in [0.4, 0.5) is 5.69 Å². The minimum atomic E-state index is -2.20. The van der Waals surface area contributed by atoms with E-state index in [1.807, 2.05) is 43.3 Å². The van der Waals surface area contributed by atoms with Crippen LogP contribution in [0.2, 0.25) is 13.1 Å². The fourth-order valence-corrected chi connectivity index (χ4v) is 8.26. The van der Waals surface area contributed by atoms with Gasteiger partial charge < -0.3 is 14.8 Å². The minimum Gasteiger partial charge on any atom is -0.478 e. The summed E-state index contributed by atoms with van der Waals surface area (Å²) in [7, 11) is 1.78. The van der Waals surface area contributed by atoms with Crippen molar-refractivity contribution in [1.29, 1.82) is 5.41 Å². The SMILES string of the molecule is C=c1ccc2c(c1)[Si](C)(C)c1cc(N(C)C)ccc1C=2c1ccc(C(=O)ON2C(=N)C=CC2=O)cc1C(=O)O. The van der Waals surface area contributed by atoms with E-state index >= 15 is 0 Å². The molecule has 0 bridgehead atoms. The molecule has 9 heteroatoms. The maximum Gasteiger partial charge on any atom is 0.363 e. The zero-order chi connectivity index (χ0) is 28.2. The molecule has 0 spiro atoms. The molecule has 2 heterocycles. The number of nitrogens with zero attached hydrogens (tertiary/aromatic N) is 2. The highest BCUT2D eigenvalue weighted by molar-refractivity contribution is 7.01. The molecule has 0 aliphatic carbocycles. The number of carboxylic acids is 1. The van der Waals surface area contributed by atoms with Crippen LogP contribution < -0.4 is 25.7 Å². The van der Waals surface area contributed by atoms with E-state index in [2.05, 4.69) is 31.8 Å². The molecule has 3 aromatic carbocycles. The van der Waals surface area contributed by atoms with E-state index in [1.165, 1.54) is 23.4 Å². The van der Waals surface area contributed by atoms with Crippen molar-refractivity contribution in [2.75, 3.05) is 19.0 Å². The normalized spacial score (nSPS) is 15.2. The molecule has 0 saturated carbocycles. The molecule has 3 aromatic rings. The van der Waals surface area contributed by atoms with E-state index in [1.54, 1.807) is 6.07 Å². The van der Waals surface area contributed by atoms with E-state index in [9.17, 15) is 19.5 Å². The standard InChI is InChI=1S/C30H27N3O5Si/c1-17-6-9-21-24(14-17)39(4,5)25-16-19(32(2)3)8-11-22(25)28(21)20-10-7-18(15-23(20)29(35)36)30(37)38-33-26(31)12-13-27(33)34/h6-16,31H,1H2,2-5H3,(H,35,36). The van der Waals surface area contributed by atoms with E-state index in [-0.39, 0.29) is 17.0 Å². The Kier molecular flexibility index (Phi) is 6.11. The van der Waals surface area contributed by atoms with Crippen molar-refractivity contribution in [3.63, 3.8) is 0 Å². The van der Waals surface area contributed by atoms with Gasteiger partial charge in [0, 0.05) is 25.9 Å². The Bertz CT molecular complexity index is 1740. The molecule has 2 aliphatic rings. The first-order chi connectivity index (χ1) is 18.4. The molecule has 5 rings (SSSR count). The number of carboxylic acid groups (broad SMARTS) is 1. The number of aromatic carboxylic acids is 1. The molecule has 2 N–H and O–H groups in total. The van der Waals surface area contributed by atoms with Gasteiger partial charge in [0.25, 0.3) is 5.91 Å². The van der Waals surface area contributed by atoms with Gasteiger partial charge in [-0.05, 0) is 67.9 Å². The van der Waals surface area contributed by atoms with E-state index in [0.717, 1.165) is 38.5 Å². The van der Waals surface area contributed by atoms with Crippen LogP contribution in [-0.2, 0) is 9.63 Å². The maximum absolute atomic E-state index is 12.8. The van der Waals surface area contributed by atoms with Gasteiger partial charge in [0.1, 0.15) is 8.07 Å². The monoisotopic (exact) mass is 537 g/mol. The third-order valence-electron chi connectivity index (χ3n) is 7.22. The van der Waals surface area contributed by atoms with Crippen molar-refractivity contribution < 1.29 is 24.3 Å². The Balaban J connectivity index is 1.73. The van der Waals surface area contributed by atoms with Gasteiger partial charge in [0.2, 0.25) is 0 Å². The molecular formula is C30H27N3O5Si. The molecule has 0 atom stereocenters. The third kappa shape index (κ3) is 4.26. The Morgan fingerprint density at radius 3 is 2.33 bits per heavy atom. The predicted octanol–water partition coefficient (Wildman–Crippen LogP) is 1.69. The number of anilines is 1. The van der Waals surface area contributed by atoms with Gasteiger partial charge in [-0.25, -0.2) is 9.59 Å². The molecule has 196 valence electrons. The van der Waals surface area contributed by atoms with Crippen molar-refractivity contribution in [3.05, 3.63) is 99.4 Å². The number of benzene rings is 3. The highest BCUT2D eigenvalue weighted by Crippen LogP contribution is 2.30. The predicted molar refractivity (Wildman–Crippen MR) is 153 cm³/mol. The van der Waals surface area contributed by atoms with Crippen LogP contribution in [0.15, 0.2) is 66.7 Å². The molecule has 0 saturated heterocycles. The fourth-order valence-electron chi connectivity index (χ4n) is 5.15. The van der Waals surface area contributed by atoms with Crippen LogP contribution in [-0.4, -0.2) is 56.0 Å². The summed E-state index contributed by atoms with van der Waals surface area (Å²) in [4.78, 5) is 44.4. The number of amidine groups is 1. The summed E-state index contributed by atoms with van der Waals surface area (Å²) in [6.07, 6.45) is 2.32. The number of rotatable bonds is 5. The van der Waals surface area contributed by atoms with Gasteiger partial charge in [-0.1, -0.05) is 50.0 Å². The van der Waals surface area contributed by atoms with Crippen LogP contribution >= 0.6 is 0 Å². The van der Waals surface area contributed by atoms with Gasteiger partial charge in [0.05, 0.1) is 11.1 Å². The average Bonchev–Trinajstić information content (AvgIpc) is 3.21. The summed E-state index contributed by atoms with van der Waals surface area (Å²) < 4.78 is 0. The highest BCUT2D eigenvalue weighted by Gasteiger charge is 2.36. The molecule has 8 nitrogen and oxygen atoms in total. The Labute approximate surface area is 226 Å². The lowest BCUT2D eigenvalue weighted by Crippen LogP contribution is -2.63. The first-order valence-electron chi connectivity index (χ1n) is 12.3. The van der Waals surface area contributed by atoms with Crippen molar-refractivity contribution in [1.82, 2.24) is 5.06 Å².